The molecule has 0 fully saturated rings. The lowest BCUT2D eigenvalue weighted by Crippen LogP contribution is -2.33. The van der Waals surface area contributed by atoms with E-state index in [4.69, 9.17) is 9.47 Å². The number of aliphatic hydroxyl groups is 1. The Morgan fingerprint density at radius 2 is 1.80 bits per heavy atom. The molecule has 0 amide bonds. The van der Waals surface area contributed by atoms with Gasteiger partial charge in [0, 0.05) is 17.7 Å². The van der Waals surface area contributed by atoms with Crippen molar-refractivity contribution in [1.29, 1.82) is 0 Å². The zero-order valence-electron chi connectivity index (χ0n) is 19.8. The third-order valence-electron chi connectivity index (χ3n) is 7.06. The van der Waals surface area contributed by atoms with Crippen LogP contribution in [0, 0.1) is 0 Å². The molecular formula is C27H28N4O4. The van der Waals surface area contributed by atoms with Gasteiger partial charge in [0.2, 0.25) is 5.95 Å². The van der Waals surface area contributed by atoms with Crippen molar-refractivity contribution in [1.82, 2.24) is 14.8 Å². The van der Waals surface area contributed by atoms with Gasteiger partial charge in [0.15, 0.2) is 23.1 Å². The van der Waals surface area contributed by atoms with E-state index in [-0.39, 0.29) is 18.3 Å². The third-order valence-corrected chi connectivity index (χ3v) is 7.06. The summed E-state index contributed by atoms with van der Waals surface area (Å²) in [4.78, 5) is 18.1. The fourth-order valence-electron chi connectivity index (χ4n) is 5.25. The number of hydrogen-bond donors (Lipinski definition) is 2. The fourth-order valence-corrected chi connectivity index (χ4v) is 5.25. The van der Waals surface area contributed by atoms with Gasteiger partial charge in [-0.3, -0.25) is 4.79 Å². The second kappa shape index (κ2) is 8.53. The molecule has 35 heavy (non-hydrogen) atoms. The van der Waals surface area contributed by atoms with Crippen molar-refractivity contribution in [2.45, 2.75) is 51.2 Å². The van der Waals surface area contributed by atoms with Gasteiger partial charge in [-0.2, -0.15) is 10.1 Å². The maximum absolute atomic E-state index is 13.7. The Morgan fingerprint density at radius 3 is 2.54 bits per heavy atom. The second-order valence-corrected chi connectivity index (χ2v) is 9.63. The maximum atomic E-state index is 13.7. The highest BCUT2D eigenvalue weighted by molar-refractivity contribution is 6.00. The van der Waals surface area contributed by atoms with Crippen molar-refractivity contribution in [3.05, 3.63) is 76.2 Å². The summed E-state index contributed by atoms with van der Waals surface area (Å²) in [6.45, 7) is 5.07. The predicted molar refractivity (Wildman–Crippen MR) is 130 cm³/mol. The monoisotopic (exact) mass is 472 g/mol. The Kier molecular flexibility index (Phi) is 5.33. The van der Waals surface area contributed by atoms with E-state index in [1.54, 1.807) is 4.68 Å². The van der Waals surface area contributed by atoms with Gasteiger partial charge in [-0.15, -0.1) is 0 Å². The number of ether oxygens (including phenoxy) is 2. The second-order valence-electron chi connectivity index (χ2n) is 9.63. The number of anilines is 1. The molecule has 1 aromatic heterocycles. The summed E-state index contributed by atoms with van der Waals surface area (Å²) in [6, 6.07) is 13.9. The molecule has 0 spiro atoms. The van der Waals surface area contributed by atoms with Crippen LogP contribution in [0.25, 0.3) is 0 Å². The molecule has 2 aromatic carbocycles. The van der Waals surface area contributed by atoms with E-state index in [0.717, 1.165) is 16.8 Å². The normalized spacial score (nSPS) is 21.0. The van der Waals surface area contributed by atoms with Crippen molar-refractivity contribution in [2.24, 2.45) is 0 Å². The Hall–Kier alpha value is -3.65. The molecule has 3 aliphatic rings. The molecular weight excluding hydrogens is 444 g/mol. The quantitative estimate of drug-likeness (QED) is 0.590. The number of carbonyl (C=O) groups excluding carboxylic acids is 1. The molecule has 0 radical (unpaired) electrons. The van der Waals surface area contributed by atoms with Crippen molar-refractivity contribution in [3.8, 4) is 11.5 Å². The smallest absolute Gasteiger partial charge is 0.226 e. The first kappa shape index (κ1) is 21.9. The topological polar surface area (TPSA) is 98.5 Å². The highest BCUT2D eigenvalue weighted by Crippen LogP contribution is 2.45. The Balaban J connectivity index is 1.41. The van der Waals surface area contributed by atoms with Gasteiger partial charge in [0.25, 0.3) is 0 Å². The van der Waals surface area contributed by atoms with E-state index in [0.29, 0.717) is 60.8 Å². The van der Waals surface area contributed by atoms with Crippen LogP contribution in [0.3, 0.4) is 0 Å². The van der Waals surface area contributed by atoms with Crippen LogP contribution >= 0.6 is 0 Å². The minimum Gasteiger partial charge on any atom is -0.486 e. The molecule has 8 nitrogen and oxygen atoms in total. The number of allylic oxidation sites excluding steroid dienone is 2. The SMILES string of the molecule is CC(C)c1ccc(C2CC(=O)C3=C(C2)Nc2nc(CO)nn2C3c2ccc3c(c2)OCCO3)cc1. The first-order valence-corrected chi connectivity index (χ1v) is 12.1. The number of Topliss-reactive ketones (excluding diaryl/α,β-unsaturated/α-hetero) is 1. The van der Waals surface area contributed by atoms with Crippen LogP contribution in [-0.4, -0.2) is 38.9 Å². The molecule has 3 heterocycles. The minimum absolute atomic E-state index is 0.0858. The average Bonchev–Trinajstić information content (AvgIpc) is 3.30. The van der Waals surface area contributed by atoms with E-state index in [1.807, 2.05) is 18.2 Å². The molecule has 6 rings (SSSR count). The van der Waals surface area contributed by atoms with Gasteiger partial charge in [-0.1, -0.05) is 44.2 Å². The Bertz CT molecular complexity index is 1330. The molecule has 2 N–H and O–H groups in total. The number of carbonyl (C=O) groups is 1. The molecule has 0 saturated carbocycles. The summed E-state index contributed by atoms with van der Waals surface area (Å²) in [7, 11) is 0. The first-order valence-electron chi connectivity index (χ1n) is 12.1. The molecule has 1 aliphatic carbocycles. The molecule has 180 valence electrons. The van der Waals surface area contributed by atoms with E-state index in [9.17, 15) is 9.90 Å². The van der Waals surface area contributed by atoms with Crippen molar-refractivity contribution >= 4 is 11.7 Å². The summed E-state index contributed by atoms with van der Waals surface area (Å²) in [6.07, 6.45) is 1.13. The highest BCUT2D eigenvalue weighted by atomic mass is 16.6. The number of rotatable bonds is 4. The number of benzene rings is 2. The van der Waals surface area contributed by atoms with E-state index >= 15 is 0 Å². The molecule has 3 aromatic rings. The number of fused-ring (bicyclic) bond motifs is 2. The van der Waals surface area contributed by atoms with Crippen LogP contribution in [0.2, 0.25) is 0 Å². The van der Waals surface area contributed by atoms with Gasteiger partial charge < -0.3 is 19.9 Å². The Labute approximate surface area is 203 Å². The number of nitrogens with one attached hydrogen (secondary N) is 1. The van der Waals surface area contributed by atoms with Crippen LogP contribution in [-0.2, 0) is 11.4 Å². The van der Waals surface area contributed by atoms with Crippen molar-refractivity contribution in [2.75, 3.05) is 18.5 Å². The lowest BCUT2D eigenvalue weighted by molar-refractivity contribution is -0.116. The van der Waals surface area contributed by atoms with Crippen LogP contribution in [0.15, 0.2) is 53.7 Å². The summed E-state index contributed by atoms with van der Waals surface area (Å²) in [5.74, 6) is 2.82. The molecule has 2 unspecified atom stereocenters. The van der Waals surface area contributed by atoms with Crippen LogP contribution in [0.4, 0.5) is 5.95 Å². The summed E-state index contributed by atoms with van der Waals surface area (Å²) in [5.41, 5.74) is 4.87. The lowest BCUT2D eigenvalue weighted by Gasteiger charge is -2.35. The van der Waals surface area contributed by atoms with Crippen molar-refractivity contribution in [3.63, 3.8) is 0 Å². The predicted octanol–water partition coefficient (Wildman–Crippen LogP) is 4.08. The summed E-state index contributed by atoms with van der Waals surface area (Å²) in [5, 5.41) is 17.5. The Morgan fingerprint density at radius 1 is 1.06 bits per heavy atom. The van der Waals surface area contributed by atoms with Crippen LogP contribution in [0.5, 0.6) is 11.5 Å². The molecule has 2 atom stereocenters. The number of nitrogens with zero attached hydrogens (tertiary/aromatic N) is 3. The molecule has 0 saturated heterocycles. The van der Waals surface area contributed by atoms with Crippen LogP contribution < -0.4 is 14.8 Å². The highest BCUT2D eigenvalue weighted by Gasteiger charge is 2.40. The summed E-state index contributed by atoms with van der Waals surface area (Å²) < 4.78 is 13.2. The van der Waals surface area contributed by atoms with Gasteiger partial charge in [0.05, 0.1) is 0 Å². The fraction of sp³-hybridized carbons (Fsp3) is 0.370. The molecule has 0 bridgehead atoms. The van der Waals surface area contributed by atoms with Gasteiger partial charge in [0.1, 0.15) is 25.9 Å². The minimum atomic E-state index is -0.457. The number of aliphatic hydroxyl groups excluding tert-OH is 1. The third kappa shape index (κ3) is 3.78. The van der Waals surface area contributed by atoms with Gasteiger partial charge in [-0.05, 0) is 47.1 Å². The van der Waals surface area contributed by atoms with E-state index in [1.165, 1.54) is 5.56 Å². The maximum Gasteiger partial charge on any atom is 0.226 e. The van der Waals surface area contributed by atoms with Gasteiger partial charge in [-0.25, -0.2) is 4.68 Å². The summed E-state index contributed by atoms with van der Waals surface area (Å²) >= 11 is 0. The largest absolute Gasteiger partial charge is 0.486 e. The zero-order valence-corrected chi connectivity index (χ0v) is 19.8. The van der Waals surface area contributed by atoms with Gasteiger partial charge >= 0.3 is 0 Å². The number of ketones is 1. The molecule has 8 heteroatoms. The van der Waals surface area contributed by atoms with Crippen molar-refractivity contribution < 1.29 is 19.4 Å². The number of hydrogen-bond acceptors (Lipinski definition) is 7. The number of aromatic nitrogens is 3. The lowest BCUT2D eigenvalue weighted by atomic mass is 9.77. The standard InChI is InChI=1S/C27H28N4O4/c1-15(2)16-3-5-17(6-4-16)19-11-20-25(21(33)12-19)26(31-27(28-20)29-24(14-32)30-31)18-7-8-22-23(13-18)35-10-9-34-22/h3-8,13,15,19,26,32H,9-12,14H2,1-2H3,(H,28,29,30). The molecule has 2 aliphatic heterocycles. The van der Waals surface area contributed by atoms with Crippen LogP contribution in [0.1, 0.15) is 67.1 Å². The van der Waals surface area contributed by atoms with E-state index < -0.39 is 6.04 Å². The first-order chi connectivity index (χ1) is 17.0. The zero-order chi connectivity index (χ0) is 24.1. The average molecular weight is 473 g/mol. The van der Waals surface area contributed by atoms with E-state index in [2.05, 4.69) is 53.5 Å².